The number of amides is 1. The Morgan fingerprint density at radius 2 is 1.92 bits per heavy atom. The topological polar surface area (TPSA) is 65.1 Å². The number of para-hydroxylation sites is 1. The number of ether oxygens (including phenoxy) is 3. The lowest BCUT2D eigenvalue weighted by atomic mass is 10.2. The lowest BCUT2D eigenvalue weighted by Crippen LogP contribution is -2.31. The summed E-state index contributed by atoms with van der Waals surface area (Å²) >= 11 is 0. The summed E-state index contributed by atoms with van der Waals surface area (Å²) in [5, 5.41) is 0. The maximum absolute atomic E-state index is 12.3. The van der Waals surface area contributed by atoms with Crippen LogP contribution < -0.4 is 14.2 Å². The minimum atomic E-state index is -0.185. The molecular weight excluding hydrogens is 322 g/mol. The second-order valence-corrected chi connectivity index (χ2v) is 5.67. The summed E-state index contributed by atoms with van der Waals surface area (Å²) in [5.41, 5.74) is 1.36. The van der Waals surface area contributed by atoms with Gasteiger partial charge in [-0.1, -0.05) is 18.2 Å². The molecule has 1 amide bonds. The van der Waals surface area contributed by atoms with E-state index < -0.39 is 0 Å². The number of hydrogen-bond donors (Lipinski definition) is 0. The van der Waals surface area contributed by atoms with Gasteiger partial charge in [-0.05, 0) is 29.8 Å². The molecule has 0 bridgehead atoms. The van der Waals surface area contributed by atoms with Crippen molar-refractivity contribution < 1.29 is 23.8 Å². The summed E-state index contributed by atoms with van der Waals surface area (Å²) in [6.45, 7) is 1.36. The average Bonchev–Trinajstić information content (AvgIpc) is 2.66. The van der Waals surface area contributed by atoms with Crippen LogP contribution in [-0.4, -0.2) is 44.0 Å². The minimum Gasteiger partial charge on any atom is -0.486 e. The average molecular weight is 341 g/mol. The van der Waals surface area contributed by atoms with Gasteiger partial charge in [0.15, 0.2) is 24.4 Å². The molecule has 1 heterocycles. The van der Waals surface area contributed by atoms with Gasteiger partial charge in [0.25, 0.3) is 5.91 Å². The molecule has 3 rings (SSSR count). The zero-order valence-electron chi connectivity index (χ0n) is 13.9. The van der Waals surface area contributed by atoms with E-state index in [4.69, 9.17) is 14.2 Å². The Morgan fingerprint density at radius 3 is 2.72 bits per heavy atom. The third kappa shape index (κ3) is 4.09. The Balaban J connectivity index is 1.58. The van der Waals surface area contributed by atoms with Crippen LogP contribution in [-0.2, 0) is 11.3 Å². The smallest absolute Gasteiger partial charge is 0.260 e. The number of hydrogen-bond acceptors (Lipinski definition) is 5. The van der Waals surface area contributed by atoms with Crippen molar-refractivity contribution in [2.75, 3.05) is 26.9 Å². The first-order chi connectivity index (χ1) is 12.2. The van der Waals surface area contributed by atoms with Crippen LogP contribution in [0.25, 0.3) is 0 Å². The number of rotatable bonds is 6. The first-order valence-corrected chi connectivity index (χ1v) is 7.97. The molecule has 25 heavy (non-hydrogen) atoms. The summed E-state index contributed by atoms with van der Waals surface area (Å²) in [6.07, 6.45) is 0.707. The van der Waals surface area contributed by atoms with Crippen molar-refractivity contribution >= 4 is 12.2 Å². The monoisotopic (exact) mass is 341 g/mol. The lowest BCUT2D eigenvalue weighted by molar-refractivity contribution is -0.132. The molecule has 6 nitrogen and oxygen atoms in total. The fourth-order valence-electron chi connectivity index (χ4n) is 2.51. The van der Waals surface area contributed by atoms with E-state index in [0.29, 0.717) is 43.1 Å². The number of benzene rings is 2. The normalized spacial score (nSPS) is 12.4. The molecule has 0 N–H and O–H groups in total. The van der Waals surface area contributed by atoms with Crippen LogP contribution in [0.15, 0.2) is 42.5 Å². The maximum Gasteiger partial charge on any atom is 0.260 e. The van der Waals surface area contributed by atoms with Crippen molar-refractivity contribution in [3.8, 4) is 17.2 Å². The van der Waals surface area contributed by atoms with Crippen LogP contribution in [0.4, 0.5) is 0 Å². The number of likely N-dealkylation sites (N-methyl/N-ethyl adjacent to an activating group) is 1. The molecule has 0 unspecified atom stereocenters. The van der Waals surface area contributed by atoms with Crippen LogP contribution in [0.1, 0.15) is 15.9 Å². The van der Waals surface area contributed by atoms with Gasteiger partial charge in [0.05, 0.1) is 5.56 Å². The molecule has 1 aliphatic rings. The van der Waals surface area contributed by atoms with E-state index in [1.807, 2.05) is 18.2 Å². The minimum absolute atomic E-state index is 0.133. The molecule has 130 valence electrons. The van der Waals surface area contributed by atoms with Crippen molar-refractivity contribution in [2.45, 2.75) is 6.54 Å². The first-order valence-electron chi connectivity index (χ1n) is 7.97. The zero-order valence-corrected chi connectivity index (χ0v) is 13.9. The van der Waals surface area contributed by atoms with Gasteiger partial charge in [0.2, 0.25) is 0 Å². The Labute approximate surface area is 145 Å². The van der Waals surface area contributed by atoms with Gasteiger partial charge in [-0.25, -0.2) is 0 Å². The van der Waals surface area contributed by atoms with Crippen molar-refractivity contribution in [3.63, 3.8) is 0 Å². The zero-order chi connectivity index (χ0) is 17.6. The first kappa shape index (κ1) is 16.8. The number of carbonyl (C=O) groups excluding carboxylic acids is 2. The molecule has 1 aliphatic heterocycles. The quantitative estimate of drug-likeness (QED) is 0.755. The van der Waals surface area contributed by atoms with E-state index >= 15 is 0 Å². The predicted octanol–water partition coefficient (Wildman–Crippen LogP) is 2.31. The Morgan fingerprint density at radius 1 is 1.16 bits per heavy atom. The molecular formula is C19H19NO5. The fourth-order valence-corrected chi connectivity index (χ4v) is 2.51. The molecule has 0 aliphatic carbocycles. The van der Waals surface area contributed by atoms with E-state index in [1.54, 1.807) is 36.2 Å². The van der Waals surface area contributed by atoms with Gasteiger partial charge >= 0.3 is 0 Å². The number of aldehydes is 1. The summed E-state index contributed by atoms with van der Waals surface area (Å²) in [6, 6.07) is 12.4. The van der Waals surface area contributed by atoms with Crippen molar-refractivity contribution in [3.05, 3.63) is 53.6 Å². The maximum atomic E-state index is 12.3. The Hall–Kier alpha value is -3.02. The van der Waals surface area contributed by atoms with E-state index in [2.05, 4.69) is 0 Å². The van der Waals surface area contributed by atoms with E-state index in [9.17, 15) is 9.59 Å². The van der Waals surface area contributed by atoms with Crippen LogP contribution >= 0.6 is 0 Å². The predicted molar refractivity (Wildman–Crippen MR) is 91.2 cm³/mol. The van der Waals surface area contributed by atoms with Gasteiger partial charge in [0, 0.05) is 13.6 Å². The third-order valence-corrected chi connectivity index (χ3v) is 3.85. The molecule has 0 atom stereocenters. The summed E-state index contributed by atoms with van der Waals surface area (Å²) < 4.78 is 16.5. The molecule has 2 aromatic rings. The molecule has 0 fully saturated rings. The second kappa shape index (κ2) is 7.70. The molecule has 0 aromatic heterocycles. The van der Waals surface area contributed by atoms with Crippen LogP contribution in [0.2, 0.25) is 0 Å². The number of fused-ring (bicyclic) bond motifs is 1. The van der Waals surface area contributed by atoms with Gasteiger partial charge in [-0.3, -0.25) is 9.59 Å². The highest BCUT2D eigenvalue weighted by molar-refractivity contribution is 5.80. The Kier molecular flexibility index (Phi) is 5.18. The molecule has 2 aromatic carbocycles. The van der Waals surface area contributed by atoms with Crippen molar-refractivity contribution in [1.29, 1.82) is 0 Å². The van der Waals surface area contributed by atoms with Gasteiger partial charge in [-0.2, -0.15) is 0 Å². The second-order valence-electron chi connectivity index (χ2n) is 5.67. The van der Waals surface area contributed by atoms with E-state index in [-0.39, 0.29) is 12.5 Å². The summed E-state index contributed by atoms with van der Waals surface area (Å²) in [4.78, 5) is 24.8. The number of nitrogens with zero attached hydrogens (tertiary/aromatic N) is 1. The van der Waals surface area contributed by atoms with Crippen LogP contribution in [0.3, 0.4) is 0 Å². The van der Waals surface area contributed by atoms with Crippen molar-refractivity contribution in [2.24, 2.45) is 0 Å². The Bertz CT molecular complexity index is 774. The third-order valence-electron chi connectivity index (χ3n) is 3.85. The molecule has 0 spiro atoms. The molecule has 0 radical (unpaired) electrons. The van der Waals surface area contributed by atoms with Gasteiger partial charge in [0.1, 0.15) is 19.0 Å². The molecule has 0 saturated carbocycles. The SMILES string of the molecule is CN(Cc1ccc2c(c1)OCCO2)C(=O)COc1ccccc1C=O. The van der Waals surface area contributed by atoms with Crippen LogP contribution in [0.5, 0.6) is 17.2 Å². The van der Waals surface area contributed by atoms with Gasteiger partial charge in [-0.15, -0.1) is 0 Å². The van der Waals surface area contributed by atoms with E-state index in [1.165, 1.54) is 0 Å². The highest BCUT2D eigenvalue weighted by atomic mass is 16.6. The molecule has 0 saturated heterocycles. The molecule has 6 heteroatoms. The largest absolute Gasteiger partial charge is 0.486 e. The fraction of sp³-hybridized carbons (Fsp3) is 0.263. The standard InChI is InChI=1S/C19H19NO5/c1-20(11-14-6-7-17-18(10-14)24-9-8-23-17)19(22)13-25-16-5-3-2-4-15(16)12-21/h2-7,10,12H,8-9,11,13H2,1H3. The van der Waals surface area contributed by atoms with Gasteiger partial charge < -0.3 is 19.1 Å². The highest BCUT2D eigenvalue weighted by Gasteiger charge is 2.15. The lowest BCUT2D eigenvalue weighted by Gasteiger charge is -2.21. The highest BCUT2D eigenvalue weighted by Crippen LogP contribution is 2.31. The van der Waals surface area contributed by atoms with Crippen LogP contribution in [0, 0.1) is 0 Å². The summed E-state index contributed by atoms with van der Waals surface area (Å²) in [5.74, 6) is 1.63. The number of carbonyl (C=O) groups is 2. The van der Waals surface area contributed by atoms with Crippen molar-refractivity contribution in [1.82, 2.24) is 4.90 Å². The van der Waals surface area contributed by atoms with E-state index in [0.717, 1.165) is 11.3 Å². The summed E-state index contributed by atoms with van der Waals surface area (Å²) in [7, 11) is 1.70.